The number of hydrogen-bond acceptors (Lipinski definition) is 3. The van der Waals surface area contributed by atoms with Crippen molar-refractivity contribution in [3.63, 3.8) is 0 Å². The Labute approximate surface area is 188 Å². The molecule has 2 aromatic carbocycles. The Morgan fingerprint density at radius 1 is 0.969 bits per heavy atom. The second kappa shape index (κ2) is 8.97. The molecule has 3 N–H and O–H groups in total. The molecule has 32 heavy (non-hydrogen) atoms. The normalized spacial score (nSPS) is 18.5. The van der Waals surface area contributed by atoms with Crippen LogP contribution in [-0.2, 0) is 6.54 Å². The van der Waals surface area contributed by atoms with Crippen LogP contribution in [0.25, 0.3) is 22.0 Å². The number of benzene rings is 2. The van der Waals surface area contributed by atoms with Crippen LogP contribution in [0.5, 0.6) is 0 Å². The van der Waals surface area contributed by atoms with Gasteiger partial charge in [-0.2, -0.15) is 0 Å². The first-order chi connectivity index (χ1) is 15.7. The number of aromatic nitrogens is 2. The van der Waals surface area contributed by atoms with Crippen molar-refractivity contribution < 1.29 is 4.79 Å². The maximum absolute atomic E-state index is 13.7. The minimum absolute atomic E-state index is 0.0495. The molecule has 2 aromatic heterocycles. The van der Waals surface area contributed by atoms with Crippen LogP contribution >= 0.6 is 0 Å². The molecular formula is C27H28N4O. The average molecular weight is 425 g/mol. The molecule has 1 amide bonds. The van der Waals surface area contributed by atoms with Gasteiger partial charge >= 0.3 is 0 Å². The number of H-pyrrole nitrogens is 1. The van der Waals surface area contributed by atoms with Gasteiger partial charge < -0.3 is 15.6 Å². The van der Waals surface area contributed by atoms with E-state index in [2.05, 4.69) is 40.3 Å². The van der Waals surface area contributed by atoms with Crippen molar-refractivity contribution >= 4 is 16.8 Å². The van der Waals surface area contributed by atoms with E-state index in [4.69, 9.17) is 5.73 Å². The van der Waals surface area contributed by atoms with E-state index in [0.29, 0.717) is 12.2 Å². The fourth-order valence-corrected chi connectivity index (χ4v) is 4.70. The zero-order valence-electron chi connectivity index (χ0n) is 18.1. The molecule has 1 aliphatic rings. The van der Waals surface area contributed by atoms with Crippen LogP contribution in [0, 0.1) is 0 Å². The van der Waals surface area contributed by atoms with Crippen LogP contribution in [0.15, 0.2) is 79.1 Å². The molecule has 5 heteroatoms. The predicted octanol–water partition coefficient (Wildman–Crippen LogP) is 5.14. The first-order valence-electron chi connectivity index (χ1n) is 11.3. The standard InChI is InChI=1S/C27H28N4O/c28-23-10-12-24(13-11-23)31(27(32)26-16-21-6-1-2-9-25(21)30-26)18-19-5-3-7-20(15-19)22-8-4-14-29-17-22/h1-9,14-17,23-24,30H,10-13,18,28H2. The molecule has 5 rings (SSSR count). The highest BCUT2D eigenvalue weighted by Gasteiger charge is 2.29. The number of hydrogen-bond donors (Lipinski definition) is 2. The van der Waals surface area contributed by atoms with Gasteiger partial charge in [0.05, 0.1) is 0 Å². The summed E-state index contributed by atoms with van der Waals surface area (Å²) in [6.07, 6.45) is 7.44. The summed E-state index contributed by atoms with van der Waals surface area (Å²) in [6.45, 7) is 0.572. The Kier molecular flexibility index (Phi) is 5.73. The quantitative estimate of drug-likeness (QED) is 0.466. The number of nitrogens with one attached hydrogen (secondary N) is 1. The molecule has 0 radical (unpaired) electrons. The van der Waals surface area contributed by atoms with Crippen molar-refractivity contribution in [1.29, 1.82) is 0 Å². The number of fused-ring (bicyclic) bond motifs is 1. The summed E-state index contributed by atoms with van der Waals surface area (Å²) in [6, 6.07) is 22.8. The van der Waals surface area contributed by atoms with Gasteiger partial charge in [-0.1, -0.05) is 42.5 Å². The van der Waals surface area contributed by atoms with Crippen LogP contribution in [0.2, 0.25) is 0 Å². The third-order valence-corrected chi connectivity index (χ3v) is 6.48. The summed E-state index contributed by atoms with van der Waals surface area (Å²) >= 11 is 0. The molecule has 162 valence electrons. The van der Waals surface area contributed by atoms with Gasteiger partial charge in [0.25, 0.3) is 5.91 Å². The average Bonchev–Trinajstić information content (AvgIpc) is 3.28. The van der Waals surface area contributed by atoms with E-state index in [0.717, 1.165) is 53.3 Å². The molecule has 0 aliphatic heterocycles. The first kappa shape index (κ1) is 20.5. The van der Waals surface area contributed by atoms with Gasteiger partial charge in [0.2, 0.25) is 0 Å². The van der Waals surface area contributed by atoms with Crippen LogP contribution in [0.3, 0.4) is 0 Å². The van der Waals surface area contributed by atoms with Gasteiger partial charge in [0, 0.05) is 41.9 Å². The largest absolute Gasteiger partial charge is 0.351 e. The molecule has 0 saturated heterocycles. The van der Waals surface area contributed by atoms with Gasteiger partial charge in [0.15, 0.2) is 0 Å². The van der Waals surface area contributed by atoms with E-state index in [1.807, 2.05) is 47.5 Å². The highest BCUT2D eigenvalue weighted by atomic mass is 16.2. The number of nitrogens with two attached hydrogens (primary N) is 1. The van der Waals surface area contributed by atoms with E-state index in [1.165, 1.54) is 0 Å². The van der Waals surface area contributed by atoms with E-state index < -0.39 is 0 Å². The Bertz CT molecular complexity index is 1180. The van der Waals surface area contributed by atoms with Crippen LogP contribution < -0.4 is 5.73 Å². The Morgan fingerprint density at radius 2 is 1.78 bits per heavy atom. The molecular weight excluding hydrogens is 396 g/mol. The van der Waals surface area contributed by atoms with Crippen molar-refractivity contribution in [2.24, 2.45) is 5.73 Å². The second-order valence-electron chi connectivity index (χ2n) is 8.71. The van der Waals surface area contributed by atoms with Gasteiger partial charge in [-0.25, -0.2) is 0 Å². The summed E-state index contributed by atoms with van der Waals surface area (Å²) in [5.74, 6) is 0.0495. The number of para-hydroxylation sites is 1. The minimum Gasteiger partial charge on any atom is -0.351 e. The molecule has 1 aliphatic carbocycles. The molecule has 1 fully saturated rings. The predicted molar refractivity (Wildman–Crippen MR) is 128 cm³/mol. The van der Waals surface area contributed by atoms with E-state index in [-0.39, 0.29) is 18.0 Å². The Morgan fingerprint density at radius 3 is 2.56 bits per heavy atom. The van der Waals surface area contributed by atoms with Crippen molar-refractivity contribution in [2.75, 3.05) is 0 Å². The van der Waals surface area contributed by atoms with Gasteiger partial charge in [-0.15, -0.1) is 0 Å². The zero-order chi connectivity index (χ0) is 21.9. The number of nitrogens with zero attached hydrogens (tertiary/aromatic N) is 2. The van der Waals surface area contributed by atoms with Crippen LogP contribution in [-0.4, -0.2) is 32.9 Å². The molecule has 0 spiro atoms. The minimum atomic E-state index is 0.0495. The number of pyridine rings is 1. The van der Waals surface area contributed by atoms with Gasteiger partial charge in [-0.05, 0) is 66.6 Å². The lowest BCUT2D eigenvalue weighted by Gasteiger charge is -2.36. The highest BCUT2D eigenvalue weighted by Crippen LogP contribution is 2.27. The van der Waals surface area contributed by atoms with Crippen molar-refractivity contribution in [2.45, 2.75) is 44.3 Å². The third-order valence-electron chi connectivity index (χ3n) is 6.48. The number of carbonyl (C=O) groups is 1. The lowest BCUT2D eigenvalue weighted by atomic mass is 9.90. The van der Waals surface area contributed by atoms with Crippen LogP contribution in [0.1, 0.15) is 41.7 Å². The summed E-state index contributed by atoms with van der Waals surface area (Å²) in [7, 11) is 0. The molecule has 0 unspecified atom stereocenters. The summed E-state index contributed by atoms with van der Waals surface area (Å²) in [5.41, 5.74) is 11.1. The molecule has 1 saturated carbocycles. The zero-order valence-corrected chi connectivity index (χ0v) is 18.1. The van der Waals surface area contributed by atoms with Gasteiger partial charge in [0.1, 0.15) is 5.69 Å². The summed E-state index contributed by atoms with van der Waals surface area (Å²) in [4.78, 5) is 23.3. The van der Waals surface area contributed by atoms with Crippen molar-refractivity contribution in [3.8, 4) is 11.1 Å². The maximum Gasteiger partial charge on any atom is 0.270 e. The molecule has 5 nitrogen and oxygen atoms in total. The summed E-state index contributed by atoms with van der Waals surface area (Å²) < 4.78 is 0. The first-order valence-corrected chi connectivity index (χ1v) is 11.3. The molecule has 4 aromatic rings. The Hall–Kier alpha value is -3.44. The third kappa shape index (κ3) is 4.30. The topological polar surface area (TPSA) is 75.0 Å². The molecule has 2 heterocycles. The maximum atomic E-state index is 13.7. The van der Waals surface area contributed by atoms with E-state index in [1.54, 1.807) is 6.20 Å². The monoisotopic (exact) mass is 424 g/mol. The fraction of sp³-hybridized carbons (Fsp3) is 0.259. The molecule has 0 atom stereocenters. The Balaban J connectivity index is 1.46. The summed E-state index contributed by atoms with van der Waals surface area (Å²) in [5, 5.41) is 1.06. The van der Waals surface area contributed by atoms with E-state index >= 15 is 0 Å². The second-order valence-corrected chi connectivity index (χ2v) is 8.71. The smallest absolute Gasteiger partial charge is 0.270 e. The SMILES string of the molecule is NC1CCC(N(Cc2cccc(-c3cccnc3)c2)C(=O)c2cc3ccccc3[nH]2)CC1. The van der Waals surface area contributed by atoms with Gasteiger partial charge in [-0.3, -0.25) is 9.78 Å². The van der Waals surface area contributed by atoms with E-state index in [9.17, 15) is 4.79 Å². The number of amides is 1. The lowest BCUT2D eigenvalue weighted by Crippen LogP contribution is -2.44. The lowest BCUT2D eigenvalue weighted by molar-refractivity contribution is 0.0601. The molecule has 0 bridgehead atoms. The van der Waals surface area contributed by atoms with Crippen molar-refractivity contribution in [3.05, 3.63) is 90.4 Å². The number of carbonyl (C=O) groups excluding carboxylic acids is 1. The fourth-order valence-electron chi connectivity index (χ4n) is 4.70. The van der Waals surface area contributed by atoms with Crippen molar-refractivity contribution in [1.82, 2.24) is 14.9 Å². The van der Waals surface area contributed by atoms with Crippen LogP contribution in [0.4, 0.5) is 0 Å². The number of rotatable bonds is 5. The number of aromatic amines is 1. The highest BCUT2D eigenvalue weighted by molar-refractivity contribution is 5.98.